The molecule has 154 valence electrons. The Hall–Kier alpha value is -2.02. The maximum atomic E-state index is 14.1. The zero-order valence-electron chi connectivity index (χ0n) is 16.1. The molecule has 2 heterocycles. The number of amides is 1. The lowest BCUT2D eigenvalue weighted by Gasteiger charge is -2.11. The largest absolute Gasteiger partial charge is 0.352 e. The summed E-state index contributed by atoms with van der Waals surface area (Å²) < 4.78 is 15.3. The van der Waals surface area contributed by atoms with Gasteiger partial charge in [-0.3, -0.25) is 4.79 Å². The second-order valence-electron chi connectivity index (χ2n) is 7.31. The Morgan fingerprint density at radius 3 is 2.93 bits per heavy atom. The lowest BCUT2D eigenvalue weighted by atomic mass is 9.97. The van der Waals surface area contributed by atoms with Crippen molar-refractivity contribution in [3.05, 3.63) is 64.4 Å². The normalized spacial score (nSPS) is 16.0. The summed E-state index contributed by atoms with van der Waals surface area (Å²) in [5.41, 5.74) is 2.18. The first-order valence-corrected chi connectivity index (χ1v) is 10.6. The summed E-state index contributed by atoms with van der Waals surface area (Å²) in [4.78, 5) is 17.0. The monoisotopic (exact) mass is 433 g/mol. The van der Waals surface area contributed by atoms with Gasteiger partial charge in [0.2, 0.25) is 0 Å². The quantitative estimate of drug-likeness (QED) is 0.544. The molecular weight excluding hydrogens is 409 g/mol. The van der Waals surface area contributed by atoms with Gasteiger partial charge in [0.25, 0.3) is 5.91 Å². The highest BCUT2D eigenvalue weighted by molar-refractivity contribution is 7.18. The molecule has 29 heavy (non-hydrogen) atoms. The lowest BCUT2D eigenvalue weighted by molar-refractivity contribution is 0.0949. The molecule has 1 unspecified atom stereocenters. The van der Waals surface area contributed by atoms with Gasteiger partial charge in [-0.25, -0.2) is 9.37 Å². The fourth-order valence-electron chi connectivity index (χ4n) is 3.66. The zero-order chi connectivity index (χ0) is 19.3. The predicted molar refractivity (Wildman–Crippen MR) is 119 cm³/mol. The van der Waals surface area contributed by atoms with Crippen molar-refractivity contribution in [1.82, 2.24) is 15.6 Å². The number of aryl methyl sites for hydroxylation is 1. The van der Waals surface area contributed by atoms with Gasteiger partial charge in [-0.15, -0.1) is 23.7 Å². The van der Waals surface area contributed by atoms with Gasteiger partial charge in [-0.2, -0.15) is 0 Å². The molecule has 1 fully saturated rings. The molecular formula is C22H25ClFN3OS. The summed E-state index contributed by atoms with van der Waals surface area (Å²) in [5.74, 6) is -0.236. The molecule has 1 amide bonds. The Morgan fingerprint density at radius 2 is 2.14 bits per heavy atom. The molecule has 3 aromatic rings. The molecule has 0 bridgehead atoms. The van der Waals surface area contributed by atoms with Crippen LogP contribution in [0.5, 0.6) is 0 Å². The third kappa shape index (κ3) is 5.53. The van der Waals surface area contributed by atoms with Gasteiger partial charge in [0.1, 0.15) is 5.82 Å². The van der Waals surface area contributed by atoms with Gasteiger partial charge in [0, 0.05) is 13.0 Å². The van der Waals surface area contributed by atoms with E-state index in [0.717, 1.165) is 54.9 Å². The summed E-state index contributed by atoms with van der Waals surface area (Å²) in [6.07, 6.45) is 3.59. The topological polar surface area (TPSA) is 54.0 Å². The van der Waals surface area contributed by atoms with Gasteiger partial charge in [0.15, 0.2) is 0 Å². The average molecular weight is 434 g/mol. The number of benzene rings is 2. The smallest absolute Gasteiger partial charge is 0.254 e. The summed E-state index contributed by atoms with van der Waals surface area (Å²) in [6.45, 7) is 2.53. The van der Waals surface area contributed by atoms with Gasteiger partial charge >= 0.3 is 0 Å². The van der Waals surface area contributed by atoms with E-state index in [0.29, 0.717) is 12.5 Å². The first-order chi connectivity index (χ1) is 13.7. The maximum absolute atomic E-state index is 14.1. The zero-order valence-corrected chi connectivity index (χ0v) is 17.8. The van der Waals surface area contributed by atoms with Crippen LogP contribution in [0.3, 0.4) is 0 Å². The van der Waals surface area contributed by atoms with E-state index in [1.807, 2.05) is 18.2 Å². The van der Waals surface area contributed by atoms with Crippen LogP contribution in [0.4, 0.5) is 4.39 Å². The Kier molecular flexibility index (Phi) is 7.58. The number of carbonyl (C=O) groups excluding carboxylic acids is 1. The van der Waals surface area contributed by atoms with Gasteiger partial charge in [-0.1, -0.05) is 18.2 Å². The van der Waals surface area contributed by atoms with Crippen molar-refractivity contribution in [2.24, 2.45) is 5.92 Å². The fraction of sp³-hybridized carbons (Fsp3) is 0.364. The molecule has 1 saturated heterocycles. The SMILES string of the molecule is Cl.O=C(NCCCc1nc2ccccc2s1)c1cc(CC2CCNC2)ccc1F. The Labute approximate surface area is 180 Å². The van der Waals surface area contributed by atoms with Crippen LogP contribution < -0.4 is 10.6 Å². The van der Waals surface area contributed by atoms with Crippen LogP contribution in [0, 0.1) is 11.7 Å². The van der Waals surface area contributed by atoms with Crippen LogP contribution >= 0.6 is 23.7 Å². The van der Waals surface area contributed by atoms with Crippen molar-refractivity contribution in [3.8, 4) is 0 Å². The molecule has 1 aliphatic rings. The first-order valence-electron chi connectivity index (χ1n) is 9.81. The molecule has 0 saturated carbocycles. The molecule has 0 spiro atoms. The molecule has 1 aromatic heterocycles. The van der Waals surface area contributed by atoms with Crippen LogP contribution in [0.1, 0.15) is 33.8 Å². The highest BCUT2D eigenvalue weighted by Crippen LogP contribution is 2.22. The number of para-hydroxylation sites is 1. The summed E-state index contributed by atoms with van der Waals surface area (Å²) in [5, 5.41) is 7.25. The number of thiazole rings is 1. The van der Waals surface area contributed by atoms with Crippen molar-refractivity contribution >= 4 is 39.9 Å². The van der Waals surface area contributed by atoms with Gasteiger partial charge < -0.3 is 10.6 Å². The summed E-state index contributed by atoms with van der Waals surface area (Å²) >= 11 is 1.68. The molecule has 4 rings (SSSR count). The maximum Gasteiger partial charge on any atom is 0.254 e. The highest BCUT2D eigenvalue weighted by Gasteiger charge is 2.17. The summed E-state index contributed by atoms with van der Waals surface area (Å²) in [6, 6.07) is 13.0. The Balaban J connectivity index is 0.00000240. The van der Waals surface area contributed by atoms with E-state index >= 15 is 0 Å². The predicted octanol–water partition coefficient (Wildman–Crippen LogP) is 4.37. The standard InChI is InChI=1S/C22H24FN3OS.ClH/c23-18-8-7-15(12-16-9-11-24-14-16)13-17(18)22(27)25-10-3-6-21-26-19-4-1-2-5-20(19)28-21;/h1-2,4-5,7-8,13,16,24H,3,6,9-12,14H2,(H,25,27);1H. The van der Waals surface area contributed by atoms with E-state index in [4.69, 9.17) is 0 Å². The minimum Gasteiger partial charge on any atom is -0.352 e. The van der Waals surface area contributed by atoms with E-state index in [1.54, 1.807) is 23.5 Å². The molecule has 0 radical (unpaired) electrons. The lowest BCUT2D eigenvalue weighted by Crippen LogP contribution is -2.26. The van der Waals surface area contributed by atoms with Crippen molar-refractivity contribution in [2.45, 2.75) is 25.7 Å². The highest BCUT2D eigenvalue weighted by atomic mass is 35.5. The number of rotatable bonds is 7. The van der Waals surface area contributed by atoms with Crippen molar-refractivity contribution in [3.63, 3.8) is 0 Å². The number of nitrogens with one attached hydrogen (secondary N) is 2. The van der Waals surface area contributed by atoms with Gasteiger partial charge in [0.05, 0.1) is 20.8 Å². The van der Waals surface area contributed by atoms with Crippen LogP contribution in [0.15, 0.2) is 42.5 Å². The minimum absolute atomic E-state index is 0. The first kappa shape index (κ1) is 21.7. The Morgan fingerprint density at radius 1 is 1.28 bits per heavy atom. The molecule has 4 nitrogen and oxygen atoms in total. The van der Waals surface area contributed by atoms with Crippen LogP contribution in [0.2, 0.25) is 0 Å². The Bertz CT molecular complexity index is 939. The number of aromatic nitrogens is 1. The van der Waals surface area contributed by atoms with E-state index in [9.17, 15) is 9.18 Å². The number of nitrogens with zero attached hydrogens (tertiary/aromatic N) is 1. The van der Waals surface area contributed by atoms with Crippen molar-refractivity contribution < 1.29 is 9.18 Å². The van der Waals surface area contributed by atoms with E-state index in [1.165, 1.54) is 10.8 Å². The molecule has 2 aromatic carbocycles. The van der Waals surface area contributed by atoms with Gasteiger partial charge in [-0.05, 0) is 68.1 Å². The minimum atomic E-state index is -0.461. The van der Waals surface area contributed by atoms with E-state index in [2.05, 4.69) is 21.7 Å². The number of halogens is 2. The number of hydrogen-bond acceptors (Lipinski definition) is 4. The number of fused-ring (bicyclic) bond motifs is 1. The van der Waals surface area contributed by atoms with Crippen molar-refractivity contribution in [1.29, 1.82) is 0 Å². The third-order valence-corrected chi connectivity index (χ3v) is 6.25. The van der Waals surface area contributed by atoms with Crippen LogP contribution in [-0.2, 0) is 12.8 Å². The molecule has 0 aliphatic carbocycles. The molecule has 2 N–H and O–H groups in total. The number of hydrogen-bond donors (Lipinski definition) is 2. The molecule has 1 aliphatic heterocycles. The van der Waals surface area contributed by atoms with E-state index < -0.39 is 5.82 Å². The average Bonchev–Trinajstić information content (AvgIpc) is 3.35. The summed E-state index contributed by atoms with van der Waals surface area (Å²) in [7, 11) is 0. The fourth-order valence-corrected chi connectivity index (χ4v) is 4.67. The second-order valence-corrected chi connectivity index (χ2v) is 8.43. The van der Waals surface area contributed by atoms with Crippen LogP contribution in [-0.4, -0.2) is 30.5 Å². The number of carbonyl (C=O) groups is 1. The molecule has 1 atom stereocenters. The van der Waals surface area contributed by atoms with E-state index in [-0.39, 0.29) is 23.9 Å². The third-order valence-electron chi connectivity index (χ3n) is 5.15. The molecule has 7 heteroatoms. The van der Waals surface area contributed by atoms with Crippen LogP contribution in [0.25, 0.3) is 10.2 Å². The second kappa shape index (κ2) is 10.1. The van der Waals surface area contributed by atoms with Crippen molar-refractivity contribution in [2.75, 3.05) is 19.6 Å².